The van der Waals surface area contributed by atoms with Gasteiger partial charge in [0, 0.05) is 35.7 Å². The Balaban J connectivity index is 1.36. The first-order valence-electron chi connectivity index (χ1n) is 13.4. The molecule has 0 radical (unpaired) electrons. The average molecular weight is 544 g/mol. The first-order valence-corrected chi connectivity index (χ1v) is 14.3. The van der Waals surface area contributed by atoms with Crippen LogP contribution in [0.25, 0.3) is 32.1 Å². The van der Waals surface area contributed by atoms with Gasteiger partial charge in [-0.2, -0.15) is 0 Å². The zero-order chi connectivity index (χ0) is 27.1. The lowest BCUT2D eigenvalue weighted by molar-refractivity contribution is 0.0605. The molecular formula is C32H31F2N3OS. The minimum atomic E-state index is -0.494. The molecule has 39 heavy (non-hydrogen) atoms. The van der Waals surface area contributed by atoms with Crippen LogP contribution in [0.2, 0.25) is 0 Å². The third kappa shape index (κ3) is 4.85. The number of hydrogen-bond donors (Lipinski definition) is 2. The molecule has 1 fully saturated rings. The molecule has 2 N–H and O–H groups in total. The van der Waals surface area contributed by atoms with Crippen LogP contribution in [0.5, 0.6) is 0 Å². The van der Waals surface area contributed by atoms with Gasteiger partial charge in [0.2, 0.25) is 0 Å². The number of benzene rings is 3. The Bertz CT molecular complexity index is 1670. The van der Waals surface area contributed by atoms with E-state index in [1.165, 1.54) is 0 Å². The summed E-state index contributed by atoms with van der Waals surface area (Å²) in [6.45, 7) is 2.16. The summed E-state index contributed by atoms with van der Waals surface area (Å²) >= 11 is 1.06. The fourth-order valence-electron chi connectivity index (χ4n) is 5.93. The van der Waals surface area contributed by atoms with Crippen molar-refractivity contribution in [3.8, 4) is 11.1 Å². The van der Waals surface area contributed by atoms with E-state index in [4.69, 9.17) is 0 Å². The van der Waals surface area contributed by atoms with E-state index in [1.54, 1.807) is 6.92 Å². The van der Waals surface area contributed by atoms with Crippen molar-refractivity contribution in [2.75, 3.05) is 7.05 Å². The molecule has 200 valence electrons. The van der Waals surface area contributed by atoms with Crippen molar-refractivity contribution in [1.82, 2.24) is 15.2 Å². The molecule has 0 unspecified atom stereocenters. The van der Waals surface area contributed by atoms with Gasteiger partial charge in [-0.3, -0.25) is 4.79 Å². The van der Waals surface area contributed by atoms with E-state index in [0.717, 1.165) is 76.7 Å². The lowest BCUT2D eigenvalue weighted by Crippen LogP contribution is -2.44. The number of rotatable bonds is 6. The first kappa shape index (κ1) is 25.7. The number of thiophene rings is 1. The number of carbonyl (C=O) groups is 1. The van der Waals surface area contributed by atoms with Gasteiger partial charge in [0.05, 0.1) is 9.58 Å². The molecule has 1 amide bonds. The van der Waals surface area contributed by atoms with Crippen LogP contribution in [-0.2, 0) is 6.54 Å². The van der Waals surface area contributed by atoms with E-state index >= 15 is 0 Å². The van der Waals surface area contributed by atoms with E-state index in [1.807, 2.05) is 24.2 Å². The monoisotopic (exact) mass is 543 g/mol. The summed E-state index contributed by atoms with van der Waals surface area (Å²) in [5.41, 5.74) is 4.84. The zero-order valence-electron chi connectivity index (χ0n) is 22.1. The standard InChI is InChI=1S/C32H31F2N3OS/c1-19-29-26(33)11-12-27(34)31(29)39-30(19)32(38)37(25-9-7-24(35-2)8-10-25)18-20-4-3-5-21(16-20)22-6-13-28-23(17-22)14-15-36-28/h3-6,11-17,24-25,35-36H,7-10,18H2,1-2H3. The summed E-state index contributed by atoms with van der Waals surface area (Å²) < 4.78 is 29.5. The summed E-state index contributed by atoms with van der Waals surface area (Å²) in [4.78, 5) is 19.7. The number of carbonyl (C=O) groups excluding carboxylic acids is 1. The molecule has 2 aromatic heterocycles. The normalized spacial score (nSPS) is 17.6. The molecule has 1 aliphatic carbocycles. The summed E-state index contributed by atoms with van der Waals surface area (Å²) in [6, 6.07) is 19.5. The van der Waals surface area contributed by atoms with Crippen molar-refractivity contribution >= 4 is 38.2 Å². The maximum absolute atomic E-state index is 14.7. The van der Waals surface area contributed by atoms with Gasteiger partial charge >= 0.3 is 0 Å². The number of nitrogens with one attached hydrogen (secondary N) is 2. The number of aryl methyl sites for hydroxylation is 1. The molecule has 0 atom stereocenters. The Labute approximate surface area is 230 Å². The third-order valence-corrected chi connectivity index (χ3v) is 9.43. The SMILES string of the molecule is CNC1CCC(N(Cc2cccc(-c3ccc4[nH]ccc4c3)c2)C(=O)c2sc3c(F)ccc(F)c3c2C)CC1. The minimum absolute atomic E-state index is 0.0567. The lowest BCUT2D eigenvalue weighted by Gasteiger charge is -2.37. The smallest absolute Gasteiger partial charge is 0.264 e. The number of amides is 1. The van der Waals surface area contributed by atoms with Crippen LogP contribution in [0, 0.1) is 18.6 Å². The van der Waals surface area contributed by atoms with Crippen LogP contribution in [0.1, 0.15) is 46.5 Å². The van der Waals surface area contributed by atoms with Crippen LogP contribution in [0.15, 0.2) is 66.9 Å². The molecule has 4 nitrogen and oxygen atoms in total. The van der Waals surface area contributed by atoms with Crippen molar-refractivity contribution in [1.29, 1.82) is 0 Å². The van der Waals surface area contributed by atoms with Crippen LogP contribution in [-0.4, -0.2) is 34.9 Å². The van der Waals surface area contributed by atoms with Gasteiger partial charge in [-0.15, -0.1) is 11.3 Å². The van der Waals surface area contributed by atoms with E-state index < -0.39 is 11.6 Å². The lowest BCUT2D eigenvalue weighted by atomic mass is 9.89. The molecule has 2 heterocycles. The second-order valence-electron chi connectivity index (χ2n) is 10.5. The molecule has 7 heteroatoms. The van der Waals surface area contributed by atoms with Gasteiger partial charge in [-0.05, 0) is 104 Å². The predicted octanol–water partition coefficient (Wildman–Crippen LogP) is 7.81. The van der Waals surface area contributed by atoms with E-state index in [9.17, 15) is 13.6 Å². The van der Waals surface area contributed by atoms with E-state index in [0.29, 0.717) is 23.0 Å². The molecule has 5 aromatic rings. The fraction of sp³-hybridized carbons (Fsp3) is 0.281. The van der Waals surface area contributed by atoms with Gasteiger partial charge in [-0.25, -0.2) is 8.78 Å². The Morgan fingerprint density at radius 3 is 2.54 bits per heavy atom. The Hall–Kier alpha value is -3.55. The van der Waals surface area contributed by atoms with Gasteiger partial charge in [0.25, 0.3) is 5.91 Å². The van der Waals surface area contributed by atoms with Crippen molar-refractivity contribution in [2.24, 2.45) is 0 Å². The molecule has 0 spiro atoms. The fourth-order valence-corrected chi connectivity index (χ4v) is 7.11. The second-order valence-corrected chi connectivity index (χ2v) is 11.5. The highest BCUT2D eigenvalue weighted by Gasteiger charge is 2.32. The van der Waals surface area contributed by atoms with Crippen LogP contribution in [0.3, 0.4) is 0 Å². The molecule has 6 rings (SSSR count). The highest BCUT2D eigenvalue weighted by atomic mass is 32.1. The third-order valence-electron chi connectivity index (χ3n) is 8.15. The van der Waals surface area contributed by atoms with Crippen LogP contribution >= 0.6 is 11.3 Å². The van der Waals surface area contributed by atoms with Crippen LogP contribution in [0.4, 0.5) is 8.78 Å². The van der Waals surface area contributed by atoms with E-state index in [-0.39, 0.29) is 22.0 Å². The number of H-pyrrole nitrogens is 1. The maximum Gasteiger partial charge on any atom is 0.264 e. The molecule has 1 aliphatic rings. The highest BCUT2D eigenvalue weighted by Crippen LogP contribution is 2.37. The molecule has 0 bridgehead atoms. The minimum Gasteiger partial charge on any atom is -0.361 e. The number of fused-ring (bicyclic) bond motifs is 2. The topological polar surface area (TPSA) is 48.1 Å². The zero-order valence-corrected chi connectivity index (χ0v) is 22.9. The quantitative estimate of drug-likeness (QED) is 0.229. The highest BCUT2D eigenvalue weighted by molar-refractivity contribution is 7.21. The Kier molecular flexibility index (Phi) is 6.95. The Morgan fingerprint density at radius 1 is 1.00 bits per heavy atom. The summed E-state index contributed by atoms with van der Waals surface area (Å²) in [7, 11) is 1.98. The molecule has 0 aliphatic heterocycles. The van der Waals surface area contributed by atoms with Gasteiger partial charge in [-0.1, -0.05) is 24.3 Å². The number of hydrogen-bond acceptors (Lipinski definition) is 3. The predicted molar refractivity (Wildman–Crippen MR) is 155 cm³/mol. The summed E-state index contributed by atoms with van der Waals surface area (Å²) in [5, 5.41) is 4.72. The maximum atomic E-state index is 14.7. The number of aromatic amines is 1. The van der Waals surface area contributed by atoms with Gasteiger partial charge in [0.1, 0.15) is 11.6 Å². The Morgan fingerprint density at radius 2 is 1.77 bits per heavy atom. The molecule has 3 aromatic carbocycles. The van der Waals surface area contributed by atoms with Crippen LogP contribution < -0.4 is 5.32 Å². The first-order chi connectivity index (χ1) is 18.9. The summed E-state index contributed by atoms with van der Waals surface area (Å²) in [6.07, 6.45) is 5.67. The van der Waals surface area contributed by atoms with Crippen molar-refractivity contribution in [2.45, 2.75) is 51.2 Å². The average Bonchev–Trinajstić information content (AvgIpc) is 3.58. The van der Waals surface area contributed by atoms with Crippen molar-refractivity contribution in [3.63, 3.8) is 0 Å². The van der Waals surface area contributed by atoms with Gasteiger partial charge in [0.15, 0.2) is 0 Å². The summed E-state index contributed by atoms with van der Waals surface area (Å²) in [5.74, 6) is -1.14. The second kappa shape index (κ2) is 10.5. The van der Waals surface area contributed by atoms with Crippen molar-refractivity contribution in [3.05, 3.63) is 94.5 Å². The largest absolute Gasteiger partial charge is 0.361 e. The molecular weight excluding hydrogens is 512 g/mol. The van der Waals surface area contributed by atoms with E-state index in [2.05, 4.69) is 52.8 Å². The molecule has 1 saturated carbocycles. The van der Waals surface area contributed by atoms with Crippen molar-refractivity contribution < 1.29 is 13.6 Å². The molecule has 0 saturated heterocycles. The number of halogens is 2. The number of nitrogens with zero attached hydrogens (tertiary/aromatic N) is 1. The number of aromatic nitrogens is 1. The van der Waals surface area contributed by atoms with Gasteiger partial charge < -0.3 is 15.2 Å².